The lowest BCUT2D eigenvalue weighted by molar-refractivity contribution is -0.142. The zero-order chi connectivity index (χ0) is 13.0. The maximum absolute atomic E-state index is 11.8. The third kappa shape index (κ3) is 2.87. The van der Waals surface area contributed by atoms with Crippen molar-refractivity contribution in [3.05, 3.63) is 47.5 Å². The molecule has 0 aliphatic carbocycles. The molecule has 0 aliphatic heterocycles. The van der Waals surface area contributed by atoms with Crippen LogP contribution in [0.15, 0.2) is 36.9 Å². The number of carbonyl (C=O) groups excluding carboxylic acids is 1. The highest BCUT2D eigenvalue weighted by atomic mass is 35.5. The summed E-state index contributed by atoms with van der Waals surface area (Å²) in [7, 11) is 1.37. The standard InChI is InChI=1S/C12H12ClN3O2/c1-18-12(17)11(6-16-8-14-7-15-16)9-2-4-10(13)5-3-9/h2-5,7-8,11H,6H2,1H3. The number of esters is 1. The van der Waals surface area contributed by atoms with Crippen molar-refractivity contribution in [1.82, 2.24) is 14.8 Å². The molecule has 0 aliphatic rings. The van der Waals surface area contributed by atoms with Crippen molar-refractivity contribution in [3.63, 3.8) is 0 Å². The molecule has 1 atom stereocenters. The van der Waals surface area contributed by atoms with Gasteiger partial charge in [0, 0.05) is 5.02 Å². The highest BCUT2D eigenvalue weighted by molar-refractivity contribution is 6.30. The van der Waals surface area contributed by atoms with E-state index in [1.807, 2.05) is 0 Å². The van der Waals surface area contributed by atoms with Crippen LogP contribution in [0.5, 0.6) is 0 Å². The largest absolute Gasteiger partial charge is 0.468 e. The number of aromatic nitrogens is 3. The van der Waals surface area contributed by atoms with Crippen LogP contribution in [0.3, 0.4) is 0 Å². The molecule has 2 rings (SSSR count). The van der Waals surface area contributed by atoms with Crippen LogP contribution in [0.4, 0.5) is 0 Å². The number of methoxy groups -OCH3 is 1. The molecule has 2 aromatic rings. The SMILES string of the molecule is COC(=O)C(Cn1cncn1)c1ccc(Cl)cc1. The van der Waals surface area contributed by atoms with Gasteiger partial charge in [0.25, 0.3) is 0 Å². The number of benzene rings is 1. The molecule has 1 aromatic heterocycles. The first-order valence-electron chi connectivity index (χ1n) is 5.36. The Morgan fingerprint density at radius 3 is 2.72 bits per heavy atom. The van der Waals surface area contributed by atoms with Crippen LogP contribution in [0.25, 0.3) is 0 Å². The molecule has 0 radical (unpaired) electrons. The minimum atomic E-state index is -0.422. The zero-order valence-electron chi connectivity index (χ0n) is 9.78. The second-order valence-electron chi connectivity index (χ2n) is 3.74. The van der Waals surface area contributed by atoms with Gasteiger partial charge >= 0.3 is 5.97 Å². The Kier molecular flexibility index (Phi) is 3.94. The number of nitrogens with zero attached hydrogens (tertiary/aromatic N) is 3. The van der Waals surface area contributed by atoms with Crippen LogP contribution in [-0.4, -0.2) is 27.8 Å². The van der Waals surface area contributed by atoms with Crippen molar-refractivity contribution >= 4 is 17.6 Å². The Bertz CT molecular complexity index is 511. The second kappa shape index (κ2) is 5.64. The first-order chi connectivity index (χ1) is 8.70. The molecule has 94 valence electrons. The van der Waals surface area contributed by atoms with Crippen molar-refractivity contribution in [1.29, 1.82) is 0 Å². The third-order valence-electron chi connectivity index (χ3n) is 2.59. The second-order valence-corrected chi connectivity index (χ2v) is 4.18. The quantitative estimate of drug-likeness (QED) is 0.792. The van der Waals surface area contributed by atoms with Gasteiger partial charge in [-0.2, -0.15) is 5.10 Å². The van der Waals surface area contributed by atoms with E-state index in [1.165, 1.54) is 13.4 Å². The van der Waals surface area contributed by atoms with Crippen molar-refractivity contribution in [2.45, 2.75) is 12.5 Å². The van der Waals surface area contributed by atoms with Crippen molar-refractivity contribution in [3.8, 4) is 0 Å². The van der Waals surface area contributed by atoms with Gasteiger partial charge in [-0.1, -0.05) is 23.7 Å². The average molecular weight is 266 g/mol. The molecule has 18 heavy (non-hydrogen) atoms. The van der Waals surface area contributed by atoms with Crippen LogP contribution in [0.2, 0.25) is 5.02 Å². The molecule has 1 heterocycles. The predicted molar refractivity (Wildman–Crippen MR) is 66.2 cm³/mol. The summed E-state index contributed by atoms with van der Waals surface area (Å²) < 4.78 is 6.41. The molecule has 6 heteroatoms. The number of ether oxygens (including phenoxy) is 1. The number of hydrogen-bond donors (Lipinski definition) is 0. The lowest BCUT2D eigenvalue weighted by Gasteiger charge is -2.14. The maximum atomic E-state index is 11.8. The topological polar surface area (TPSA) is 57.0 Å². The van der Waals surface area contributed by atoms with Crippen molar-refractivity contribution in [2.24, 2.45) is 0 Å². The van der Waals surface area contributed by atoms with Crippen LogP contribution in [0, 0.1) is 0 Å². The average Bonchev–Trinajstić information content (AvgIpc) is 2.89. The summed E-state index contributed by atoms with van der Waals surface area (Å²) in [6.45, 7) is 0.383. The van der Waals surface area contributed by atoms with E-state index in [-0.39, 0.29) is 5.97 Å². The number of carbonyl (C=O) groups is 1. The number of rotatable bonds is 4. The van der Waals surface area contributed by atoms with Crippen molar-refractivity contribution < 1.29 is 9.53 Å². The Hall–Kier alpha value is -1.88. The normalized spacial score (nSPS) is 12.1. The molecule has 0 saturated carbocycles. The van der Waals surface area contributed by atoms with Crippen molar-refractivity contribution in [2.75, 3.05) is 7.11 Å². The summed E-state index contributed by atoms with van der Waals surface area (Å²) in [6, 6.07) is 7.10. The van der Waals surface area contributed by atoms with E-state index in [0.717, 1.165) is 5.56 Å². The molecular formula is C12H12ClN3O2. The molecule has 5 nitrogen and oxygen atoms in total. The zero-order valence-corrected chi connectivity index (χ0v) is 10.5. The van der Waals surface area contributed by atoms with E-state index in [2.05, 4.69) is 10.1 Å². The minimum Gasteiger partial charge on any atom is -0.468 e. The van der Waals surface area contributed by atoms with Gasteiger partial charge in [-0.25, -0.2) is 4.98 Å². The van der Waals surface area contributed by atoms with E-state index in [1.54, 1.807) is 35.3 Å². The van der Waals surface area contributed by atoms with E-state index in [9.17, 15) is 4.79 Å². The molecule has 1 aromatic carbocycles. The number of hydrogen-bond acceptors (Lipinski definition) is 4. The Morgan fingerprint density at radius 1 is 1.44 bits per heavy atom. The van der Waals surface area contributed by atoms with E-state index in [4.69, 9.17) is 16.3 Å². The summed E-state index contributed by atoms with van der Waals surface area (Å²) >= 11 is 5.83. The highest BCUT2D eigenvalue weighted by Crippen LogP contribution is 2.21. The molecule has 0 saturated heterocycles. The van der Waals surface area contributed by atoms with Crippen LogP contribution < -0.4 is 0 Å². The molecule has 0 fully saturated rings. The van der Waals surface area contributed by atoms with E-state index in [0.29, 0.717) is 11.6 Å². The van der Waals surface area contributed by atoms with E-state index < -0.39 is 5.92 Å². The smallest absolute Gasteiger partial charge is 0.315 e. The molecule has 0 bridgehead atoms. The molecular weight excluding hydrogens is 254 g/mol. The molecule has 0 N–H and O–H groups in total. The first-order valence-corrected chi connectivity index (χ1v) is 5.74. The Morgan fingerprint density at radius 2 is 2.17 bits per heavy atom. The summed E-state index contributed by atoms with van der Waals surface area (Å²) in [6.07, 6.45) is 2.99. The van der Waals surface area contributed by atoms with Gasteiger partial charge in [0.05, 0.1) is 13.7 Å². The lowest BCUT2D eigenvalue weighted by atomic mass is 9.99. The summed E-state index contributed by atoms with van der Waals surface area (Å²) in [5.41, 5.74) is 0.835. The van der Waals surface area contributed by atoms with E-state index >= 15 is 0 Å². The maximum Gasteiger partial charge on any atom is 0.315 e. The molecule has 0 spiro atoms. The monoisotopic (exact) mass is 265 g/mol. The van der Waals surface area contributed by atoms with Crippen LogP contribution >= 0.6 is 11.6 Å². The highest BCUT2D eigenvalue weighted by Gasteiger charge is 2.22. The fourth-order valence-electron chi connectivity index (χ4n) is 1.67. The number of halogens is 1. The fraction of sp³-hybridized carbons (Fsp3) is 0.250. The van der Waals surface area contributed by atoms with Crippen LogP contribution in [-0.2, 0) is 16.1 Å². The summed E-state index contributed by atoms with van der Waals surface area (Å²) in [5, 5.41) is 4.62. The van der Waals surface area contributed by atoms with Gasteiger partial charge in [-0.3, -0.25) is 9.48 Å². The molecule has 0 amide bonds. The Labute approximate surface area is 109 Å². The van der Waals surface area contributed by atoms with Gasteiger partial charge in [0.2, 0.25) is 0 Å². The lowest BCUT2D eigenvalue weighted by Crippen LogP contribution is -2.20. The molecule has 1 unspecified atom stereocenters. The fourth-order valence-corrected chi connectivity index (χ4v) is 1.79. The third-order valence-corrected chi connectivity index (χ3v) is 2.85. The van der Waals surface area contributed by atoms with Gasteiger partial charge in [-0.05, 0) is 17.7 Å². The summed E-state index contributed by atoms with van der Waals surface area (Å²) in [5.74, 6) is -0.734. The van der Waals surface area contributed by atoms with Gasteiger partial charge < -0.3 is 4.74 Å². The van der Waals surface area contributed by atoms with Gasteiger partial charge in [0.1, 0.15) is 18.6 Å². The minimum absolute atomic E-state index is 0.312. The first kappa shape index (κ1) is 12.6. The van der Waals surface area contributed by atoms with Gasteiger partial charge in [-0.15, -0.1) is 0 Å². The summed E-state index contributed by atoms with van der Waals surface area (Å²) in [4.78, 5) is 15.7. The Balaban J connectivity index is 2.25. The predicted octanol–water partition coefficient (Wildman–Crippen LogP) is 1.89. The van der Waals surface area contributed by atoms with Crippen LogP contribution in [0.1, 0.15) is 11.5 Å². The van der Waals surface area contributed by atoms with Gasteiger partial charge in [0.15, 0.2) is 0 Å².